The first-order chi connectivity index (χ1) is 10.3. The molecule has 0 spiro atoms. The predicted octanol–water partition coefficient (Wildman–Crippen LogP) is 3.20. The number of para-hydroxylation sites is 1. The van der Waals surface area contributed by atoms with E-state index in [1.165, 1.54) is 30.3 Å². The van der Waals surface area contributed by atoms with Gasteiger partial charge in [0.2, 0.25) is 0 Å². The van der Waals surface area contributed by atoms with Crippen LogP contribution in [0.4, 0.5) is 5.69 Å². The number of anilines is 1. The Balaban J connectivity index is 1.66. The van der Waals surface area contributed by atoms with E-state index in [4.69, 9.17) is 0 Å². The lowest BCUT2D eigenvalue weighted by molar-refractivity contribution is 0.359. The Morgan fingerprint density at radius 2 is 2.14 bits per heavy atom. The summed E-state index contributed by atoms with van der Waals surface area (Å²) in [5, 5.41) is 5.00. The average molecular weight is 281 g/mol. The lowest BCUT2D eigenvalue weighted by Gasteiger charge is -2.42. The Hall–Kier alpha value is -1.61. The van der Waals surface area contributed by atoms with Crippen LogP contribution >= 0.6 is 0 Å². The lowest BCUT2D eigenvalue weighted by atomic mass is 10.0. The summed E-state index contributed by atoms with van der Waals surface area (Å²) in [5.41, 5.74) is 2.37. The summed E-state index contributed by atoms with van der Waals surface area (Å²) in [6, 6.07) is 11.9. The first kappa shape index (κ1) is 13.1. The normalized spacial score (nSPS) is 26.2. The molecule has 0 bridgehead atoms. The monoisotopic (exact) mass is 281 g/mol. The van der Waals surface area contributed by atoms with Gasteiger partial charge < -0.3 is 10.2 Å². The molecular weight excluding hydrogens is 258 g/mol. The Bertz CT molecular complexity index is 635. The fourth-order valence-corrected chi connectivity index (χ4v) is 3.53. The summed E-state index contributed by atoms with van der Waals surface area (Å²) >= 11 is 0. The maximum Gasteiger partial charge on any atom is 0.0703 e. The number of fused-ring (bicyclic) bond motifs is 1. The molecule has 1 aromatic heterocycles. The van der Waals surface area contributed by atoms with Crippen molar-refractivity contribution in [3.8, 4) is 0 Å². The summed E-state index contributed by atoms with van der Waals surface area (Å²) in [6.07, 6.45) is 6.04. The van der Waals surface area contributed by atoms with Crippen LogP contribution in [0.1, 0.15) is 26.2 Å². The van der Waals surface area contributed by atoms with Crippen molar-refractivity contribution in [1.29, 1.82) is 0 Å². The van der Waals surface area contributed by atoms with Gasteiger partial charge in [-0.15, -0.1) is 0 Å². The van der Waals surface area contributed by atoms with Crippen molar-refractivity contribution in [1.82, 2.24) is 10.3 Å². The van der Waals surface area contributed by atoms with Gasteiger partial charge in [0.15, 0.2) is 0 Å². The molecule has 1 N–H and O–H groups in total. The third-order valence-electron chi connectivity index (χ3n) is 5.02. The van der Waals surface area contributed by atoms with Crippen molar-refractivity contribution in [3.63, 3.8) is 0 Å². The van der Waals surface area contributed by atoms with E-state index >= 15 is 0 Å². The van der Waals surface area contributed by atoms with Gasteiger partial charge in [-0.1, -0.05) is 25.1 Å². The Labute approximate surface area is 126 Å². The number of rotatable bonds is 3. The minimum atomic E-state index is 0.586. The highest BCUT2D eigenvalue weighted by Gasteiger charge is 2.36. The summed E-state index contributed by atoms with van der Waals surface area (Å²) in [5.74, 6) is 0.902. The predicted molar refractivity (Wildman–Crippen MR) is 87.7 cm³/mol. The Morgan fingerprint density at radius 1 is 1.29 bits per heavy atom. The topological polar surface area (TPSA) is 28.2 Å². The third kappa shape index (κ3) is 2.51. The van der Waals surface area contributed by atoms with Crippen molar-refractivity contribution >= 4 is 16.6 Å². The Kier molecular flexibility index (Phi) is 3.30. The molecule has 1 saturated carbocycles. The smallest absolute Gasteiger partial charge is 0.0703 e. The van der Waals surface area contributed by atoms with Gasteiger partial charge in [-0.2, -0.15) is 0 Å². The molecule has 3 heteroatoms. The van der Waals surface area contributed by atoms with Crippen LogP contribution in [-0.4, -0.2) is 30.2 Å². The fraction of sp³-hybridized carbons (Fsp3) is 0.500. The first-order valence-corrected chi connectivity index (χ1v) is 8.20. The molecule has 3 nitrogen and oxygen atoms in total. The molecule has 2 heterocycles. The number of hydrogen-bond donors (Lipinski definition) is 1. The van der Waals surface area contributed by atoms with Crippen molar-refractivity contribution in [2.45, 2.75) is 38.3 Å². The van der Waals surface area contributed by atoms with E-state index in [-0.39, 0.29) is 0 Å². The van der Waals surface area contributed by atoms with Crippen LogP contribution in [0.2, 0.25) is 0 Å². The van der Waals surface area contributed by atoms with E-state index in [0.29, 0.717) is 12.1 Å². The van der Waals surface area contributed by atoms with E-state index in [2.05, 4.69) is 58.7 Å². The van der Waals surface area contributed by atoms with Crippen LogP contribution in [0.5, 0.6) is 0 Å². The van der Waals surface area contributed by atoms with Crippen LogP contribution in [0.25, 0.3) is 10.9 Å². The molecule has 1 aliphatic heterocycles. The van der Waals surface area contributed by atoms with Crippen LogP contribution in [-0.2, 0) is 0 Å². The number of hydrogen-bond acceptors (Lipinski definition) is 3. The fourth-order valence-electron chi connectivity index (χ4n) is 3.53. The second-order valence-electron chi connectivity index (χ2n) is 6.45. The number of nitrogens with one attached hydrogen (secondary N) is 1. The number of benzene rings is 1. The zero-order valence-corrected chi connectivity index (χ0v) is 12.6. The van der Waals surface area contributed by atoms with Gasteiger partial charge in [0.25, 0.3) is 0 Å². The van der Waals surface area contributed by atoms with Crippen molar-refractivity contribution in [3.05, 3.63) is 36.5 Å². The van der Waals surface area contributed by atoms with Crippen LogP contribution in [0, 0.1) is 5.92 Å². The van der Waals surface area contributed by atoms with Crippen molar-refractivity contribution in [2.75, 3.05) is 18.0 Å². The van der Waals surface area contributed by atoms with E-state index in [1.54, 1.807) is 0 Å². The van der Waals surface area contributed by atoms with Gasteiger partial charge >= 0.3 is 0 Å². The van der Waals surface area contributed by atoms with Crippen LogP contribution in [0.3, 0.4) is 0 Å². The highest BCUT2D eigenvalue weighted by molar-refractivity contribution is 5.81. The largest absolute Gasteiger partial charge is 0.364 e. The SMILES string of the molecule is CCC1CNC(C2CC2)CN1c1cnc2ccccc2c1. The minimum absolute atomic E-state index is 0.586. The standard InChI is InChI=1S/C18H23N3/c1-2-15-10-20-18(13-7-8-13)12-21(15)16-9-14-5-3-4-6-17(14)19-11-16/h3-6,9,11,13,15,18,20H,2,7-8,10,12H2,1H3. The minimum Gasteiger partial charge on any atom is -0.364 e. The Morgan fingerprint density at radius 3 is 2.95 bits per heavy atom. The van der Waals surface area contributed by atoms with Gasteiger partial charge in [0.05, 0.1) is 17.4 Å². The van der Waals surface area contributed by atoms with E-state index < -0.39 is 0 Å². The van der Waals surface area contributed by atoms with E-state index in [9.17, 15) is 0 Å². The van der Waals surface area contributed by atoms with Gasteiger partial charge in [-0.25, -0.2) is 0 Å². The molecule has 2 unspecified atom stereocenters. The molecule has 21 heavy (non-hydrogen) atoms. The molecule has 110 valence electrons. The highest BCUT2D eigenvalue weighted by atomic mass is 15.2. The molecule has 0 amide bonds. The molecule has 2 fully saturated rings. The number of nitrogens with zero attached hydrogens (tertiary/aromatic N) is 2. The summed E-state index contributed by atoms with van der Waals surface area (Å²) in [7, 11) is 0. The molecule has 2 atom stereocenters. The second-order valence-corrected chi connectivity index (χ2v) is 6.45. The molecule has 1 aliphatic carbocycles. The summed E-state index contributed by atoms with van der Waals surface area (Å²) in [6.45, 7) is 4.51. The third-order valence-corrected chi connectivity index (χ3v) is 5.02. The maximum atomic E-state index is 4.65. The van der Waals surface area contributed by atoms with Gasteiger partial charge in [-0.3, -0.25) is 4.98 Å². The number of aromatic nitrogens is 1. The molecule has 1 saturated heterocycles. The van der Waals surface area contributed by atoms with Crippen molar-refractivity contribution < 1.29 is 0 Å². The average Bonchev–Trinajstić information content (AvgIpc) is 3.39. The number of piperazine rings is 1. The van der Waals surface area contributed by atoms with Gasteiger partial charge in [0.1, 0.15) is 0 Å². The molecule has 4 rings (SSSR count). The molecular formula is C18H23N3. The van der Waals surface area contributed by atoms with Crippen molar-refractivity contribution in [2.24, 2.45) is 5.92 Å². The van der Waals surface area contributed by atoms with Gasteiger partial charge in [0, 0.05) is 30.6 Å². The zero-order chi connectivity index (χ0) is 14.2. The molecule has 2 aromatic rings. The van der Waals surface area contributed by atoms with E-state index in [1.807, 2.05) is 0 Å². The highest BCUT2D eigenvalue weighted by Crippen LogP contribution is 2.35. The summed E-state index contributed by atoms with van der Waals surface area (Å²) in [4.78, 5) is 7.23. The molecule has 0 radical (unpaired) electrons. The van der Waals surface area contributed by atoms with Crippen LogP contribution in [0.15, 0.2) is 36.5 Å². The quantitative estimate of drug-likeness (QED) is 0.936. The number of pyridine rings is 1. The molecule has 1 aromatic carbocycles. The summed E-state index contributed by atoms with van der Waals surface area (Å²) < 4.78 is 0. The zero-order valence-electron chi connectivity index (χ0n) is 12.6. The second kappa shape index (κ2) is 5.30. The first-order valence-electron chi connectivity index (χ1n) is 8.20. The maximum absolute atomic E-state index is 4.65. The van der Waals surface area contributed by atoms with E-state index in [0.717, 1.165) is 24.5 Å². The molecule has 2 aliphatic rings. The van der Waals surface area contributed by atoms with Gasteiger partial charge in [-0.05, 0) is 37.3 Å². The lowest BCUT2D eigenvalue weighted by Crippen LogP contribution is -2.57. The van der Waals surface area contributed by atoms with Crippen LogP contribution < -0.4 is 10.2 Å².